The molecule has 2 aliphatic carbocycles. The van der Waals surface area contributed by atoms with Crippen LogP contribution >= 0.6 is 11.3 Å². The van der Waals surface area contributed by atoms with Gasteiger partial charge in [-0.25, -0.2) is 27.6 Å². The smallest absolute Gasteiger partial charge is 0.317 e. The summed E-state index contributed by atoms with van der Waals surface area (Å²) in [5, 5.41) is 8.45. The fraction of sp³-hybridized carbons (Fsp3) is 0.528. The van der Waals surface area contributed by atoms with E-state index in [0.717, 1.165) is 18.5 Å². The molecule has 3 N–H and O–H groups in total. The van der Waals surface area contributed by atoms with Crippen LogP contribution in [0, 0.1) is 11.7 Å². The van der Waals surface area contributed by atoms with E-state index < -0.39 is 55.9 Å². The SMILES string of the molecule is COc1ccc2c(OCC[C@@H]3NC(=O)N(C)CCCC/C=C\[C@@H]4C[C@@]4(C(=O)NS(=O)(=O)C4(C)CC4)NC3=O)cc(-c3nc(C(C)C)cs3)nc2c1F. The first-order valence-electron chi connectivity index (χ1n) is 17.5. The van der Waals surface area contributed by atoms with Crippen LogP contribution in [0.5, 0.6) is 11.5 Å². The topological polar surface area (TPSA) is 169 Å². The monoisotopic (exact) mass is 756 g/mol. The molecule has 13 nitrogen and oxygen atoms in total. The minimum Gasteiger partial charge on any atom is -0.494 e. The molecule has 4 amide bonds. The first-order chi connectivity index (χ1) is 24.7. The van der Waals surface area contributed by atoms with E-state index in [2.05, 4.69) is 25.3 Å². The number of urea groups is 1. The Morgan fingerprint density at radius 1 is 1.19 bits per heavy atom. The maximum absolute atomic E-state index is 15.6. The van der Waals surface area contributed by atoms with Crippen molar-refractivity contribution in [2.45, 2.75) is 88.0 Å². The molecule has 2 saturated carbocycles. The molecule has 16 heteroatoms. The van der Waals surface area contributed by atoms with Gasteiger partial charge in [-0.3, -0.25) is 14.3 Å². The van der Waals surface area contributed by atoms with Gasteiger partial charge in [0.05, 0.1) is 24.2 Å². The summed E-state index contributed by atoms with van der Waals surface area (Å²) in [6.45, 7) is 5.99. The van der Waals surface area contributed by atoms with Gasteiger partial charge < -0.3 is 25.0 Å². The third-order valence-electron chi connectivity index (χ3n) is 10.1. The molecule has 3 aliphatic rings. The van der Waals surface area contributed by atoms with Crippen molar-refractivity contribution >= 4 is 50.1 Å². The molecular weight excluding hydrogens is 712 g/mol. The lowest BCUT2D eigenvalue weighted by molar-refractivity contribution is -0.130. The molecule has 0 bridgehead atoms. The van der Waals surface area contributed by atoms with Crippen LogP contribution in [0.3, 0.4) is 0 Å². The van der Waals surface area contributed by atoms with Gasteiger partial charge in [0.15, 0.2) is 11.6 Å². The minimum absolute atomic E-state index is 0.0126. The molecule has 1 aromatic carbocycles. The van der Waals surface area contributed by atoms with E-state index in [1.807, 2.05) is 31.4 Å². The number of sulfonamides is 1. The van der Waals surface area contributed by atoms with E-state index in [1.54, 1.807) is 26.1 Å². The lowest BCUT2D eigenvalue weighted by Gasteiger charge is -2.26. The van der Waals surface area contributed by atoms with Gasteiger partial charge in [-0.15, -0.1) is 11.3 Å². The third kappa shape index (κ3) is 7.58. The number of allylic oxidation sites excluding steroid dienone is 1. The van der Waals surface area contributed by atoms with Gasteiger partial charge in [-0.2, -0.15) is 0 Å². The van der Waals surface area contributed by atoms with Crippen LogP contribution in [0.25, 0.3) is 21.6 Å². The predicted octanol–water partition coefficient (Wildman–Crippen LogP) is 5.02. The molecule has 52 heavy (non-hydrogen) atoms. The summed E-state index contributed by atoms with van der Waals surface area (Å²) in [6, 6.07) is 3.12. The van der Waals surface area contributed by atoms with E-state index in [9.17, 15) is 22.8 Å². The molecule has 1 aliphatic heterocycles. The largest absolute Gasteiger partial charge is 0.494 e. The van der Waals surface area contributed by atoms with Gasteiger partial charge in [0, 0.05) is 42.8 Å². The van der Waals surface area contributed by atoms with Crippen molar-refractivity contribution < 1.29 is 36.7 Å². The summed E-state index contributed by atoms with van der Waals surface area (Å²) in [6.07, 6.45) is 7.06. The van der Waals surface area contributed by atoms with E-state index in [4.69, 9.17) is 9.47 Å². The number of hydrogen-bond acceptors (Lipinski definition) is 10. The fourth-order valence-electron chi connectivity index (χ4n) is 6.12. The molecule has 0 spiro atoms. The van der Waals surface area contributed by atoms with Crippen LogP contribution in [0.4, 0.5) is 9.18 Å². The van der Waals surface area contributed by atoms with Crippen molar-refractivity contribution in [3.8, 4) is 22.2 Å². The highest BCUT2D eigenvalue weighted by Crippen LogP contribution is 2.47. The number of thiazole rings is 1. The number of nitrogens with zero attached hydrogens (tertiary/aromatic N) is 3. The number of carbonyl (C=O) groups excluding carboxylic acids is 3. The molecule has 6 rings (SSSR count). The highest BCUT2D eigenvalue weighted by atomic mass is 32.2. The second-order valence-corrected chi connectivity index (χ2v) is 17.4. The molecular formula is C36H45FN6O7S2. The van der Waals surface area contributed by atoms with E-state index in [0.29, 0.717) is 41.9 Å². The van der Waals surface area contributed by atoms with Crippen LogP contribution in [-0.2, 0) is 19.6 Å². The van der Waals surface area contributed by atoms with Crippen LogP contribution < -0.4 is 24.8 Å². The van der Waals surface area contributed by atoms with E-state index in [-0.39, 0.29) is 42.4 Å². The van der Waals surface area contributed by atoms with Crippen molar-refractivity contribution in [1.29, 1.82) is 0 Å². The Hall–Kier alpha value is -4.31. The zero-order valence-electron chi connectivity index (χ0n) is 30.0. The molecule has 3 heterocycles. The number of amides is 4. The van der Waals surface area contributed by atoms with Gasteiger partial charge in [0.1, 0.15) is 33.5 Å². The molecule has 0 radical (unpaired) electrons. The van der Waals surface area contributed by atoms with Crippen molar-refractivity contribution in [2.75, 3.05) is 27.3 Å². The quantitative estimate of drug-likeness (QED) is 0.241. The summed E-state index contributed by atoms with van der Waals surface area (Å²) in [5.74, 6) is -2.08. The van der Waals surface area contributed by atoms with Crippen LogP contribution in [0.15, 0.2) is 35.7 Å². The van der Waals surface area contributed by atoms with Gasteiger partial charge >= 0.3 is 6.03 Å². The minimum atomic E-state index is -3.97. The number of fused-ring (bicyclic) bond motifs is 2. The number of benzene rings is 1. The number of nitrogens with one attached hydrogen (secondary N) is 3. The van der Waals surface area contributed by atoms with Crippen molar-refractivity contribution in [3.05, 3.63) is 47.2 Å². The number of carbonyl (C=O) groups is 3. The average Bonchev–Trinajstić information content (AvgIpc) is 3.96. The van der Waals surface area contributed by atoms with E-state index in [1.165, 1.54) is 29.4 Å². The number of hydrogen-bond donors (Lipinski definition) is 3. The highest BCUT2D eigenvalue weighted by molar-refractivity contribution is 7.91. The Kier molecular flexibility index (Phi) is 10.5. The number of aromatic nitrogens is 2. The van der Waals surface area contributed by atoms with E-state index >= 15 is 4.39 Å². The Balaban J connectivity index is 1.27. The Bertz CT molecular complexity index is 2010. The summed E-state index contributed by atoms with van der Waals surface area (Å²) in [7, 11) is -0.968. The maximum atomic E-state index is 15.6. The highest BCUT2D eigenvalue weighted by Gasteiger charge is 2.62. The van der Waals surface area contributed by atoms with Gasteiger partial charge in [-0.05, 0) is 63.5 Å². The van der Waals surface area contributed by atoms with Crippen LogP contribution in [-0.4, -0.2) is 84.8 Å². The Morgan fingerprint density at radius 2 is 1.96 bits per heavy atom. The standard InChI is InChI=1S/C36H45FN6O7S2/c1-21(2)26-20-51-32(39-26)25-18-28(23-11-12-27(49-5)29(37)30(23)38-25)50-17-13-24-31(44)41-36(33(45)42-52(47,48)35(3)14-15-35)19-22(36)10-8-6-7-9-16-43(4)34(46)40-24/h8,10-12,18,20-22,24H,6-7,9,13-17,19H2,1-5H3,(H,40,46)(H,41,44)(H,42,45)/b10-8-/t22-,24+,36-/m1/s1. The number of ether oxygens (including phenoxy) is 2. The van der Waals surface area contributed by atoms with Crippen molar-refractivity contribution in [1.82, 2.24) is 30.2 Å². The molecule has 3 atom stereocenters. The number of methoxy groups -OCH3 is 1. The predicted molar refractivity (Wildman–Crippen MR) is 195 cm³/mol. The fourth-order valence-corrected chi connectivity index (χ4v) is 8.38. The molecule has 0 unspecified atom stereocenters. The first-order valence-corrected chi connectivity index (χ1v) is 19.9. The molecule has 280 valence electrons. The van der Waals surface area contributed by atoms with Gasteiger partial charge in [0.2, 0.25) is 15.9 Å². The van der Waals surface area contributed by atoms with Crippen LogP contribution in [0.1, 0.15) is 77.3 Å². The lowest BCUT2D eigenvalue weighted by Crippen LogP contribution is -2.58. The Morgan fingerprint density at radius 3 is 2.65 bits per heavy atom. The third-order valence-corrected chi connectivity index (χ3v) is 13.1. The molecule has 2 fully saturated rings. The van der Waals surface area contributed by atoms with Gasteiger partial charge in [0.25, 0.3) is 5.91 Å². The zero-order chi connectivity index (χ0) is 37.4. The number of pyridine rings is 1. The summed E-state index contributed by atoms with van der Waals surface area (Å²) in [4.78, 5) is 51.6. The van der Waals surface area contributed by atoms with Crippen LogP contribution in [0.2, 0.25) is 0 Å². The zero-order valence-corrected chi connectivity index (χ0v) is 31.6. The normalized spacial score (nSPS) is 23.9. The lowest BCUT2D eigenvalue weighted by atomic mass is 10.1. The molecule has 3 aromatic rings. The number of rotatable bonds is 10. The average molecular weight is 757 g/mol. The maximum Gasteiger partial charge on any atom is 0.317 e. The van der Waals surface area contributed by atoms with Crippen molar-refractivity contribution in [2.24, 2.45) is 5.92 Å². The van der Waals surface area contributed by atoms with Gasteiger partial charge in [-0.1, -0.05) is 26.0 Å². The van der Waals surface area contributed by atoms with Crippen molar-refractivity contribution in [3.63, 3.8) is 0 Å². The second kappa shape index (κ2) is 14.6. The summed E-state index contributed by atoms with van der Waals surface area (Å²) >= 11 is 1.38. The summed E-state index contributed by atoms with van der Waals surface area (Å²) < 4.78 is 54.2. The summed E-state index contributed by atoms with van der Waals surface area (Å²) in [5.41, 5.74) is -0.209. The second-order valence-electron chi connectivity index (χ2n) is 14.4. The molecule has 0 saturated heterocycles. The number of halogens is 1. The first kappa shape index (κ1) is 37.4. The molecule has 2 aromatic heterocycles. The Labute approximate surface area is 306 Å².